The van der Waals surface area contributed by atoms with Crippen molar-refractivity contribution in [2.75, 3.05) is 19.8 Å². The molecule has 6 heteroatoms. The second kappa shape index (κ2) is 7.92. The molecule has 0 aliphatic heterocycles. The van der Waals surface area contributed by atoms with E-state index < -0.39 is 5.97 Å². The van der Waals surface area contributed by atoms with Crippen LogP contribution in [-0.2, 0) is 9.53 Å². The molecule has 1 atom stereocenters. The molecule has 1 unspecified atom stereocenters. The lowest BCUT2D eigenvalue weighted by Crippen LogP contribution is -2.43. The summed E-state index contributed by atoms with van der Waals surface area (Å²) >= 11 is 0. The number of carboxylic acids is 1. The van der Waals surface area contributed by atoms with Crippen LogP contribution < -0.4 is 10.6 Å². The lowest BCUT2D eigenvalue weighted by Gasteiger charge is -2.15. The maximum atomic E-state index is 11.4. The van der Waals surface area contributed by atoms with Crippen molar-refractivity contribution in [3.8, 4) is 0 Å². The van der Waals surface area contributed by atoms with Gasteiger partial charge in [0.15, 0.2) is 0 Å². The van der Waals surface area contributed by atoms with E-state index in [4.69, 9.17) is 9.84 Å². The van der Waals surface area contributed by atoms with Gasteiger partial charge in [-0.05, 0) is 25.2 Å². The van der Waals surface area contributed by atoms with Gasteiger partial charge in [0.2, 0.25) is 0 Å². The first-order valence-corrected chi connectivity index (χ1v) is 6.45. The summed E-state index contributed by atoms with van der Waals surface area (Å²) in [5.41, 5.74) is 0. The fraction of sp³-hybridized carbons (Fsp3) is 0.833. The van der Waals surface area contributed by atoms with Crippen molar-refractivity contribution in [2.24, 2.45) is 5.92 Å². The molecule has 0 aromatic rings. The first-order chi connectivity index (χ1) is 8.61. The van der Waals surface area contributed by atoms with Gasteiger partial charge in [-0.15, -0.1) is 0 Å². The van der Waals surface area contributed by atoms with E-state index in [1.165, 1.54) is 12.8 Å². The first-order valence-electron chi connectivity index (χ1n) is 6.45. The number of carbonyl (C=O) groups is 2. The van der Waals surface area contributed by atoms with Gasteiger partial charge in [-0.1, -0.05) is 6.92 Å². The second-order valence-corrected chi connectivity index (χ2v) is 4.62. The minimum absolute atomic E-state index is 0.0535. The average molecular weight is 258 g/mol. The number of amides is 2. The maximum absolute atomic E-state index is 11.4. The lowest BCUT2D eigenvalue weighted by molar-refractivity contribution is -0.137. The van der Waals surface area contributed by atoms with Crippen LogP contribution in [0.2, 0.25) is 0 Å². The van der Waals surface area contributed by atoms with E-state index in [1.54, 1.807) is 0 Å². The second-order valence-electron chi connectivity index (χ2n) is 4.62. The van der Waals surface area contributed by atoms with Gasteiger partial charge in [-0.3, -0.25) is 4.79 Å². The Morgan fingerprint density at radius 1 is 1.44 bits per heavy atom. The van der Waals surface area contributed by atoms with Crippen LogP contribution in [0.5, 0.6) is 0 Å². The van der Waals surface area contributed by atoms with E-state index in [0.29, 0.717) is 19.6 Å². The number of rotatable bonds is 9. The Hall–Kier alpha value is -1.30. The van der Waals surface area contributed by atoms with Gasteiger partial charge in [0.05, 0.1) is 13.0 Å². The number of hydrogen-bond acceptors (Lipinski definition) is 3. The van der Waals surface area contributed by atoms with Gasteiger partial charge in [0, 0.05) is 19.2 Å². The Morgan fingerprint density at radius 3 is 2.72 bits per heavy atom. The van der Waals surface area contributed by atoms with Crippen LogP contribution in [0.15, 0.2) is 0 Å². The molecule has 1 aliphatic rings. The van der Waals surface area contributed by atoms with Gasteiger partial charge in [0.1, 0.15) is 0 Å². The Morgan fingerprint density at radius 2 is 2.17 bits per heavy atom. The molecule has 0 spiro atoms. The largest absolute Gasteiger partial charge is 0.481 e. The molecule has 0 radical (unpaired) electrons. The fourth-order valence-electron chi connectivity index (χ4n) is 1.52. The van der Waals surface area contributed by atoms with Crippen molar-refractivity contribution < 1.29 is 19.4 Å². The monoisotopic (exact) mass is 258 g/mol. The molecule has 1 rings (SSSR count). The smallest absolute Gasteiger partial charge is 0.315 e. The van der Waals surface area contributed by atoms with Crippen LogP contribution in [-0.4, -0.2) is 42.9 Å². The molecular formula is C12H22N2O4. The van der Waals surface area contributed by atoms with Gasteiger partial charge < -0.3 is 20.5 Å². The summed E-state index contributed by atoms with van der Waals surface area (Å²) in [4.78, 5) is 22.0. The third-order valence-electron chi connectivity index (χ3n) is 2.83. The highest BCUT2D eigenvalue weighted by atomic mass is 16.5. The van der Waals surface area contributed by atoms with Crippen LogP contribution in [0.3, 0.4) is 0 Å². The molecule has 0 bridgehead atoms. The highest BCUT2D eigenvalue weighted by Crippen LogP contribution is 2.28. The first kappa shape index (κ1) is 14.8. The van der Waals surface area contributed by atoms with Crippen molar-refractivity contribution in [1.29, 1.82) is 0 Å². The van der Waals surface area contributed by atoms with E-state index in [-0.39, 0.29) is 18.5 Å². The van der Waals surface area contributed by atoms with Crippen LogP contribution in [0.4, 0.5) is 4.79 Å². The zero-order valence-electron chi connectivity index (χ0n) is 10.8. The molecule has 6 nitrogen and oxygen atoms in total. The van der Waals surface area contributed by atoms with Crippen LogP contribution in [0, 0.1) is 5.92 Å². The quantitative estimate of drug-likeness (QED) is 0.538. The third-order valence-corrected chi connectivity index (χ3v) is 2.83. The normalized spacial score (nSPS) is 16.1. The molecule has 0 saturated heterocycles. The Labute approximate surface area is 107 Å². The summed E-state index contributed by atoms with van der Waals surface area (Å²) in [6, 6.07) is -0.659. The molecule has 1 saturated carbocycles. The van der Waals surface area contributed by atoms with Crippen molar-refractivity contribution in [3.63, 3.8) is 0 Å². The number of carboxylic acid groups (broad SMARTS) is 1. The zero-order chi connectivity index (χ0) is 13.4. The summed E-state index contributed by atoms with van der Waals surface area (Å²) < 4.78 is 5.37. The minimum atomic E-state index is -0.907. The standard InChI is InChI=1S/C12H22N2O4/c1-2-10(7-11(15)16)14-12(17)13-5-6-18-8-9-3-4-9/h9-10H,2-8H2,1H3,(H,15,16)(H2,13,14,17). The molecule has 1 fully saturated rings. The average Bonchev–Trinajstić information content (AvgIpc) is 3.11. The van der Waals surface area contributed by atoms with E-state index in [0.717, 1.165) is 12.5 Å². The summed E-state index contributed by atoms with van der Waals surface area (Å²) in [7, 11) is 0. The summed E-state index contributed by atoms with van der Waals surface area (Å²) in [5, 5.41) is 13.9. The third kappa shape index (κ3) is 7.11. The predicted octanol–water partition coefficient (Wildman–Crippen LogP) is 0.965. The van der Waals surface area contributed by atoms with E-state index in [1.807, 2.05) is 6.92 Å². The summed E-state index contributed by atoms with van der Waals surface area (Å²) in [6.07, 6.45) is 3.04. The van der Waals surface area contributed by atoms with Gasteiger partial charge in [-0.25, -0.2) is 4.79 Å². The van der Waals surface area contributed by atoms with Crippen molar-refractivity contribution in [2.45, 2.75) is 38.6 Å². The Bertz CT molecular complexity index is 279. The molecule has 104 valence electrons. The fourth-order valence-corrected chi connectivity index (χ4v) is 1.52. The number of aliphatic carboxylic acids is 1. The highest BCUT2D eigenvalue weighted by Gasteiger charge is 2.20. The molecule has 0 heterocycles. The van der Waals surface area contributed by atoms with Crippen LogP contribution in [0.1, 0.15) is 32.6 Å². The molecular weight excluding hydrogens is 236 g/mol. The number of hydrogen-bond donors (Lipinski definition) is 3. The number of nitrogens with one attached hydrogen (secondary N) is 2. The summed E-state index contributed by atoms with van der Waals surface area (Å²) in [6.45, 7) is 3.56. The lowest BCUT2D eigenvalue weighted by atomic mass is 10.1. The van der Waals surface area contributed by atoms with E-state index >= 15 is 0 Å². The Kier molecular flexibility index (Phi) is 6.49. The van der Waals surface area contributed by atoms with Gasteiger partial charge >= 0.3 is 12.0 Å². The minimum Gasteiger partial charge on any atom is -0.481 e. The van der Waals surface area contributed by atoms with Crippen molar-refractivity contribution >= 4 is 12.0 Å². The number of carbonyl (C=O) groups excluding carboxylic acids is 1. The van der Waals surface area contributed by atoms with Crippen LogP contribution in [0.25, 0.3) is 0 Å². The number of ether oxygens (including phenoxy) is 1. The van der Waals surface area contributed by atoms with E-state index in [9.17, 15) is 9.59 Å². The SMILES string of the molecule is CCC(CC(=O)O)NC(=O)NCCOCC1CC1. The highest BCUT2D eigenvalue weighted by molar-refractivity contribution is 5.75. The van der Waals surface area contributed by atoms with Gasteiger partial charge in [-0.2, -0.15) is 0 Å². The van der Waals surface area contributed by atoms with Crippen molar-refractivity contribution in [3.05, 3.63) is 0 Å². The molecule has 18 heavy (non-hydrogen) atoms. The molecule has 1 aliphatic carbocycles. The van der Waals surface area contributed by atoms with Gasteiger partial charge in [0.25, 0.3) is 0 Å². The summed E-state index contributed by atoms with van der Waals surface area (Å²) in [5.74, 6) is -0.186. The topological polar surface area (TPSA) is 87.7 Å². The van der Waals surface area contributed by atoms with Crippen LogP contribution >= 0.6 is 0 Å². The molecule has 0 aromatic carbocycles. The molecule has 3 N–H and O–H groups in total. The molecule has 0 aromatic heterocycles. The predicted molar refractivity (Wildman–Crippen MR) is 66.4 cm³/mol. The van der Waals surface area contributed by atoms with E-state index in [2.05, 4.69) is 10.6 Å². The van der Waals surface area contributed by atoms with Crippen molar-refractivity contribution in [1.82, 2.24) is 10.6 Å². The Balaban J connectivity index is 2.01. The maximum Gasteiger partial charge on any atom is 0.315 e. The zero-order valence-corrected chi connectivity index (χ0v) is 10.8. The number of urea groups is 1. The molecule has 2 amide bonds.